The summed E-state index contributed by atoms with van der Waals surface area (Å²) in [6.45, 7) is 7.39. The first kappa shape index (κ1) is 12.3. The Hall–Kier alpha value is -0.770. The van der Waals surface area contributed by atoms with Crippen LogP contribution in [0, 0.1) is 11.8 Å². The number of nitrogens with two attached hydrogens (primary N) is 1. The second kappa shape index (κ2) is 5.95. The molecule has 0 aromatic heterocycles. The van der Waals surface area contributed by atoms with Crippen molar-refractivity contribution < 1.29 is 0 Å². The van der Waals surface area contributed by atoms with Crippen LogP contribution in [0.5, 0.6) is 0 Å². The third-order valence-electron chi connectivity index (χ3n) is 3.21. The Kier molecular flexibility index (Phi) is 4.88. The van der Waals surface area contributed by atoms with Crippen LogP contribution in [0.4, 0.5) is 0 Å². The number of hydrogen-bond acceptors (Lipinski definition) is 2. The van der Waals surface area contributed by atoms with Gasteiger partial charge in [-0.3, -0.25) is 10.4 Å². The average molecular weight is 212 g/mol. The minimum absolute atomic E-state index is 0.516. The molecule has 0 saturated heterocycles. The lowest BCUT2D eigenvalue weighted by atomic mass is 9.80. The Morgan fingerprint density at radius 2 is 2.13 bits per heavy atom. The van der Waals surface area contributed by atoms with E-state index in [9.17, 15) is 0 Å². The van der Waals surface area contributed by atoms with Crippen LogP contribution in [0.2, 0.25) is 0 Å². The summed E-state index contributed by atoms with van der Waals surface area (Å²) in [5.74, 6) is 7.69. The van der Waals surface area contributed by atoms with Crippen molar-refractivity contribution in [2.75, 3.05) is 6.54 Å². The van der Waals surface area contributed by atoms with Crippen molar-refractivity contribution >= 4 is 5.96 Å². The zero-order valence-electron chi connectivity index (χ0n) is 10.1. The van der Waals surface area contributed by atoms with Crippen molar-refractivity contribution in [3.8, 4) is 0 Å². The van der Waals surface area contributed by atoms with Gasteiger partial charge in [-0.05, 0) is 38.0 Å². The number of hydrogen-bond donors (Lipinski definition) is 3. The quantitative estimate of drug-likeness (QED) is 0.279. The fourth-order valence-corrected chi connectivity index (χ4v) is 2.35. The molecule has 0 heterocycles. The van der Waals surface area contributed by atoms with Gasteiger partial charge in [0.25, 0.3) is 0 Å². The summed E-state index contributed by atoms with van der Waals surface area (Å²) in [4.78, 5) is 4.26. The Morgan fingerprint density at radius 1 is 1.40 bits per heavy atom. The first-order chi connectivity index (χ1) is 7.17. The summed E-state index contributed by atoms with van der Waals surface area (Å²) in [6, 6.07) is 0.516. The third kappa shape index (κ3) is 3.70. The molecule has 0 aromatic carbocycles. The monoisotopic (exact) mass is 212 g/mol. The lowest BCUT2D eigenvalue weighted by molar-refractivity contribution is 0.246. The summed E-state index contributed by atoms with van der Waals surface area (Å²) in [5.41, 5.74) is 2.62. The standard InChI is InChI=1S/C11H24N4/c1-4-13-11(15-12)14-10-6-5-8(2)7-9(10)3/h8-10H,4-7,12H2,1-3H3,(H2,13,14,15). The molecule has 1 aliphatic carbocycles. The van der Waals surface area contributed by atoms with Gasteiger partial charge in [0.2, 0.25) is 5.96 Å². The molecule has 4 nitrogen and oxygen atoms in total. The van der Waals surface area contributed by atoms with Crippen molar-refractivity contribution in [3.63, 3.8) is 0 Å². The Labute approximate surface area is 92.7 Å². The van der Waals surface area contributed by atoms with Gasteiger partial charge in [0.05, 0.1) is 0 Å². The first-order valence-electron chi connectivity index (χ1n) is 5.95. The zero-order chi connectivity index (χ0) is 11.3. The normalized spacial score (nSPS) is 32.5. The van der Waals surface area contributed by atoms with E-state index in [0.29, 0.717) is 12.0 Å². The van der Waals surface area contributed by atoms with Crippen LogP contribution in [-0.2, 0) is 0 Å². The average Bonchev–Trinajstić information content (AvgIpc) is 2.21. The van der Waals surface area contributed by atoms with Crippen molar-refractivity contribution in [1.82, 2.24) is 10.7 Å². The van der Waals surface area contributed by atoms with Crippen molar-refractivity contribution in [1.29, 1.82) is 0 Å². The van der Waals surface area contributed by atoms with Crippen molar-refractivity contribution in [2.45, 2.75) is 46.1 Å². The molecular formula is C11H24N4. The summed E-state index contributed by atoms with van der Waals surface area (Å²) in [7, 11) is 0. The molecule has 1 aliphatic rings. The molecule has 0 amide bonds. The van der Waals surface area contributed by atoms with Gasteiger partial charge in [0.15, 0.2) is 0 Å². The van der Waals surface area contributed by atoms with Crippen LogP contribution >= 0.6 is 0 Å². The van der Waals surface area contributed by atoms with Crippen LogP contribution in [-0.4, -0.2) is 18.5 Å². The molecule has 0 radical (unpaired) electrons. The molecule has 3 unspecified atom stereocenters. The maximum absolute atomic E-state index is 5.41. The third-order valence-corrected chi connectivity index (χ3v) is 3.21. The molecule has 0 aliphatic heterocycles. The second-order valence-electron chi connectivity index (χ2n) is 4.61. The van der Waals surface area contributed by atoms with E-state index in [1.165, 1.54) is 19.3 Å². The largest absolute Gasteiger partial charge is 0.352 e. The number of hydrazine groups is 1. The molecule has 0 aromatic rings. The number of guanidine groups is 1. The van der Waals surface area contributed by atoms with E-state index in [2.05, 4.69) is 29.6 Å². The molecule has 1 rings (SSSR count). The van der Waals surface area contributed by atoms with Crippen LogP contribution in [0.25, 0.3) is 0 Å². The first-order valence-corrected chi connectivity index (χ1v) is 5.95. The Bertz CT molecular complexity index is 215. The molecule has 1 fully saturated rings. The highest BCUT2D eigenvalue weighted by atomic mass is 15.3. The van der Waals surface area contributed by atoms with E-state index < -0.39 is 0 Å². The highest BCUT2D eigenvalue weighted by Gasteiger charge is 2.25. The maximum atomic E-state index is 5.41. The highest BCUT2D eigenvalue weighted by Crippen LogP contribution is 2.28. The summed E-state index contributed by atoms with van der Waals surface area (Å²) >= 11 is 0. The number of aliphatic imine (C=N–C) groups is 1. The Morgan fingerprint density at radius 3 is 2.67 bits per heavy atom. The summed E-state index contributed by atoms with van der Waals surface area (Å²) in [5, 5.41) is 3.39. The van der Waals surface area contributed by atoms with Crippen LogP contribution < -0.4 is 16.6 Å². The fraction of sp³-hybridized carbons (Fsp3) is 0.909. The van der Waals surface area contributed by atoms with Gasteiger partial charge >= 0.3 is 0 Å². The molecule has 88 valence electrons. The van der Waals surface area contributed by atoms with Gasteiger partial charge in [-0.2, -0.15) is 0 Å². The molecule has 0 spiro atoms. The predicted molar refractivity (Wildman–Crippen MR) is 64.4 cm³/mol. The summed E-state index contributed by atoms with van der Waals surface area (Å²) < 4.78 is 0. The van der Waals surface area contributed by atoms with E-state index >= 15 is 0 Å². The van der Waals surface area contributed by atoms with Gasteiger partial charge in [0, 0.05) is 12.6 Å². The molecule has 4 heteroatoms. The topological polar surface area (TPSA) is 62.4 Å². The molecule has 15 heavy (non-hydrogen) atoms. The zero-order valence-corrected chi connectivity index (χ0v) is 10.1. The SMILES string of the molecule is CCN=C(NN)NC1CCC(C)CC1C. The van der Waals surface area contributed by atoms with Crippen LogP contribution in [0.3, 0.4) is 0 Å². The maximum Gasteiger partial charge on any atom is 0.205 e. The van der Waals surface area contributed by atoms with Gasteiger partial charge in [-0.1, -0.05) is 13.8 Å². The number of nitrogens with zero attached hydrogens (tertiary/aromatic N) is 1. The fourth-order valence-electron chi connectivity index (χ4n) is 2.35. The molecular weight excluding hydrogens is 188 g/mol. The van der Waals surface area contributed by atoms with E-state index in [1.54, 1.807) is 0 Å². The highest BCUT2D eigenvalue weighted by molar-refractivity contribution is 5.79. The molecule has 3 atom stereocenters. The van der Waals surface area contributed by atoms with Gasteiger partial charge in [-0.15, -0.1) is 0 Å². The lowest BCUT2D eigenvalue weighted by Crippen LogP contribution is -2.50. The molecule has 1 saturated carbocycles. The summed E-state index contributed by atoms with van der Waals surface area (Å²) in [6.07, 6.45) is 3.81. The number of nitrogens with one attached hydrogen (secondary N) is 2. The van der Waals surface area contributed by atoms with E-state index in [-0.39, 0.29) is 0 Å². The van der Waals surface area contributed by atoms with Gasteiger partial charge < -0.3 is 5.32 Å². The van der Waals surface area contributed by atoms with Crippen LogP contribution in [0.15, 0.2) is 4.99 Å². The van der Waals surface area contributed by atoms with E-state index in [0.717, 1.165) is 18.4 Å². The van der Waals surface area contributed by atoms with E-state index in [4.69, 9.17) is 5.84 Å². The Balaban J connectivity index is 2.46. The van der Waals surface area contributed by atoms with Gasteiger partial charge in [-0.25, -0.2) is 5.84 Å². The minimum Gasteiger partial charge on any atom is -0.352 e. The second-order valence-corrected chi connectivity index (χ2v) is 4.61. The smallest absolute Gasteiger partial charge is 0.205 e. The van der Waals surface area contributed by atoms with Crippen molar-refractivity contribution in [3.05, 3.63) is 0 Å². The lowest BCUT2D eigenvalue weighted by Gasteiger charge is -2.33. The predicted octanol–water partition coefficient (Wildman–Crippen LogP) is 1.24. The molecule has 4 N–H and O–H groups in total. The van der Waals surface area contributed by atoms with Crippen molar-refractivity contribution in [2.24, 2.45) is 22.7 Å². The number of rotatable bonds is 2. The minimum atomic E-state index is 0.516. The van der Waals surface area contributed by atoms with Gasteiger partial charge in [0.1, 0.15) is 0 Å². The van der Waals surface area contributed by atoms with E-state index in [1.807, 2.05) is 6.92 Å². The van der Waals surface area contributed by atoms with Crippen LogP contribution in [0.1, 0.15) is 40.0 Å². The molecule has 0 bridgehead atoms.